The lowest BCUT2D eigenvalue weighted by Crippen LogP contribution is -2.36. The zero-order valence-electron chi connectivity index (χ0n) is 11.5. The predicted octanol–water partition coefficient (Wildman–Crippen LogP) is 2.42. The van der Waals surface area contributed by atoms with Gasteiger partial charge in [0, 0.05) is 31.1 Å². The van der Waals surface area contributed by atoms with Gasteiger partial charge in [0.15, 0.2) is 0 Å². The Morgan fingerprint density at radius 1 is 1.52 bits per heavy atom. The summed E-state index contributed by atoms with van der Waals surface area (Å²) in [4.78, 5) is 22.7. The fourth-order valence-electron chi connectivity index (χ4n) is 2.78. The molecule has 0 aliphatic carbocycles. The molecule has 1 aromatic rings. The Morgan fingerprint density at radius 2 is 2.29 bits per heavy atom. The zero-order valence-corrected chi connectivity index (χ0v) is 11.5. The van der Waals surface area contributed by atoms with E-state index in [2.05, 4.69) is 0 Å². The summed E-state index contributed by atoms with van der Waals surface area (Å²) in [6, 6.07) is 4.14. The average molecular weight is 296 g/mol. The van der Waals surface area contributed by atoms with Crippen molar-refractivity contribution in [2.45, 2.75) is 25.8 Å². The number of benzene rings is 1. The third-order valence-corrected chi connectivity index (χ3v) is 3.72. The molecule has 1 aliphatic heterocycles. The van der Waals surface area contributed by atoms with Crippen LogP contribution in [0.15, 0.2) is 18.2 Å². The molecule has 0 radical (unpaired) electrons. The Hall–Kier alpha value is -2.02. The van der Waals surface area contributed by atoms with Crippen LogP contribution < -0.4 is 0 Å². The molecule has 1 N–H and O–H groups in total. The minimum absolute atomic E-state index is 0.0537. The largest absolute Gasteiger partial charge is 0.481 e. The Balaban J connectivity index is 2.06. The van der Waals surface area contributed by atoms with Gasteiger partial charge in [0.1, 0.15) is 0 Å². The van der Waals surface area contributed by atoms with Gasteiger partial charge in [-0.15, -0.1) is 0 Å². The van der Waals surface area contributed by atoms with Crippen LogP contribution in [-0.2, 0) is 11.3 Å². The second-order valence-electron chi connectivity index (χ2n) is 5.35. The van der Waals surface area contributed by atoms with Crippen LogP contribution in [0.25, 0.3) is 0 Å². The number of halogens is 1. The number of nitrogens with zero attached hydrogens (tertiary/aromatic N) is 2. The number of nitro benzene ring substituents is 1. The number of carboxylic acids is 1. The summed E-state index contributed by atoms with van der Waals surface area (Å²) < 4.78 is 14.0. The summed E-state index contributed by atoms with van der Waals surface area (Å²) in [5.74, 6) is -1.58. The lowest BCUT2D eigenvalue weighted by Gasteiger charge is -2.32. The standard InChI is InChI=1S/C14H17FN2O4/c15-14-11(4-1-5-12(14)17(20)21)9-16-6-2-3-10(8-16)7-13(18)19/h1,4-5,10H,2-3,6-9H2,(H,18,19). The highest BCUT2D eigenvalue weighted by Gasteiger charge is 2.24. The third kappa shape index (κ3) is 3.98. The number of likely N-dealkylation sites (tertiary alicyclic amines) is 1. The van der Waals surface area contributed by atoms with Crippen LogP contribution in [0.2, 0.25) is 0 Å². The molecular formula is C14H17FN2O4. The van der Waals surface area contributed by atoms with Crippen LogP contribution >= 0.6 is 0 Å². The Bertz CT molecular complexity index is 550. The highest BCUT2D eigenvalue weighted by molar-refractivity contribution is 5.67. The average Bonchev–Trinajstić information content (AvgIpc) is 2.40. The van der Waals surface area contributed by atoms with Crippen molar-refractivity contribution in [2.24, 2.45) is 5.92 Å². The molecule has 0 saturated carbocycles. The number of piperidine rings is 1. The predicted molar refractivity (Wildman–Crippen MR) is 73.3 cm³/mol. The van der Waals surface area contributed by atoms with Crippen molar-refractivity contribution >= 4 is 11.7 Å². The van der Waals surface area contributed by atoms with Crippen LogP contribution in [0.5, 0.6) is 0 Å². The van der Waals surface area contributed by atoms with Crippen molar-refractivity contribution in [3.63, 3.8) is 0 Å². The van der Waals surface area contributed by atoms with Gasteiger partial charge in [-0.3, -0.25) is 19.8 Å². The SMILES string of the molecule is O=C(O)CC1CCCN(Cc2cccc([N+](=O)[O-])c2F)C1. The fourth-order valence-corrected chi connectivity index (χ4v) is 2.78. The number of hydrogen-bond acceptors (Lipinski definition) is 4. The van der Waals surface area contributed by atoms with Gasteiger partial charge in [-0.2, -0.15) is 4.39 Å². The second kappa shape index (κ2) is 6.62. The quantitative estimate of drug-likeness (QED) is 0.666. The number of carboxylic acid groups (broad SMARTS) is 1. The molecule has 7 heteroatoms. The molecule has 1 unspecified atom stereocenters. The van der Waals surface area contributed by atoms with E-state index in [1.165, 1.54) is 12.1 Å². The van der Waals surface area contributed by atoms with Gasteiger partial charge in [-0.25, -0.2) is 0 Å². The van der Waals surface area contributed by atoms with Crippen molar-refractivity contribution in [3.05, 3.63) is 39.7 Å². The lowest BCUT2D eigenvalue weighted by molar-refractivity contribution is -0.387. The summed E-state index contributed by atoms with van der Waals surface area (Å²) in [6.45, 7) is 1.59. The van der Waals surface area contributed by atoms with Gasteiger partial charge in [-0.1, -0.05) is 12.1 Å². The van der Waals surface area contributed by atoms with E-state index in [-0.39, 0.29) is 24.4 Å². The second-order valence-corrected chi connectivity index (χ2v) is 5.35. The van der Waals surface area contributed by atoms with E-state index in [0.717, 1.165) is 25.5 Å². The van der Waals surface area contributed by atoms with Crippen LogP contribution in [0.3, 0.4) is 0 Å². The number of rotatable bonds is 5. The van der Waals surface area contributed by atoms with Crippen LogP contribution in [0, 0.1) is 21.8 Å². The van der Waals surface area contributed by atoms with E-state index >= 15 is 0 Å². The van der Waals surface area contributed by atoms with Crippen LogP contribution in [-0.4, -0.2) is 34.0 Å². The van der Waals surface area contributed by atoms with Gasteiger partial charge in [0.25, 0.3) is 0 Å². The Morgan fingerprint density at radius 3 is 2.95 bits per heavy atom. The smallest absolute Gasteiger partial charge is 0.305 e. The van der Waals surface area contributed by atoms with E-state index in [4.69, 9.17) is 5.11 Å². The maximum atomic E-state index is 14.0. The minimum atomic E-state index is -0.830. The van der Waals surface area contributed by atoms with Gasteiger partial charge in [-0.05, 0) is 25.3 Å². The maximum Gasteiger partial charge on any atom is 0.305 e. The number of hydrogen-bond donors (Lipinski definition) is 1. The third-order valence-electron chi connectivity index (χ3n) is 3.72. The summed E-state index contributed by atoms with van der Waals surface area (Å²) in [5, 5.41) is 19.6. The Kier molecular flexibility index (Phi) is 4.85. The molecule has 1 aliphatic rings. The molecule has 1 saturated heterocycles. The molecule has 1 aromatic carbocycles. The van der Waals surface area contributed by atoms with E-state index in [1.54, 1.807) is 0 Å². The summed E-state index contributed by atoms with van der Waals surface area (Å²) in [6.07, 6.45) is 1.81. The van der Waals surface area contributed by atoms with Gasteiger partial charge in [0.2, 0.25) is 5.82 Å². The van der Waals surface area contributed by atoms with Crippen molar-refractivity contribution in [2.75, 3.05) is 13.1 Å². The van der Waals surface area contributed by atoms with Crippen molar-refractivity contribution < 1.29 is 19.2 Å². The molecule has 21 heavy (non-hydrogen) atoms. The molecule has 1 heterocycles. The molecule has 6 nitrogen and oxygen atoms in total. The molecule has 114 valence electrons. The highest BCUT2D eigenvalue weighted by atomic mass is 19.1. The van der Waals surface area contributed by atoms with E-state index in [0.29, 0.717) is 6.54 Å². The Labute approximate surface area is 121 Å². The molecule has 0 spiro atoms. The van der Waals surface area contributed by atoms with Gasteiger partial charge < -0.3 is 5.11 Å². The van der Waals surface area contributed by atoms with E-state index in [9.17, 15) is 19.3 Å². The maximum absolute atomic E-state index is 14.0. The van der Waals surface area contributed by atoms with Crippen LogP contribution in [0.1, 0.15) is 24.8 Å². The zero-order chi connectivity index (χ0) is 15.4. The van der Waals surface area contributed by atoms with Crippen molar-refractivity contribution in [3.8, 4) is 0 Å². The molecule has 0 amide bonds. The molecule has 2 rings (SSSR count). The minimum Gasteiger partial charge on any atom is -0.481 e. The van der Waals surface area contributed by atoms with Crippen molar-refractivity contribution in [1.29, 1.82) is 0 Å². The fraction of sp³-hybridized carbons (Fsp3) is 0.500. The summed E-state index contributed by atoms with van der Waals surface area (Å²) >= 11 is 0. The molecule has 1 fully saturated rings. The molecule has 0 aromatic heterocycles. The van der Waals surface area contributed by atoms with Gasteiger partial charge >= 0.3 is 11.7 Å². The lowest BCUT2D eigenvalue weighted by atomic mass is 9.94. The first-order chi connectivity index (χ1) is 9.97. The first-order valence-electron chi connectivity index (χ1n) is 6.83. The molecule has 1 atom stereocenters. The molecule has 0 bridgehead atoms. The van der Waals surface area contributed by atoms with E-state index < -0.39 is 22.4 Å². The van der Waals surface area contributed by atoms with Gasteiger partial charge in [0.05, 0.1) is 4.92 Å². The van der Waals surface area contributed by atoms with Crippen molar-refractivity contribution in [1.82, 2.24) is 4.90 Å². The summed E-state index contributed by atoms with van der Waals surface area (Å²) in [7, 11) is 0. The van der Waals surface area contributed by atoms with Crippen LogP contribution in [0.4, 0.5) is 10.1 Å². The monoisotopic (exact) mass is 296 g/mol. The topological polar surface area (TPSA) is 83.7 Å². The summed E-state index contributed by atoms with van der Waals surface area (Å²) in [5.41, 5.74) is -0.244. The first-order valence-corrected chi connectivity index (χ1v) is 6.83. The normalized spacial score (nSPS) is 19.4. The number of nitro groups is 1. The van der Waals surface area contributed by atoms with E-state index in [1.807, 2.05) is 4.90 Å². The first kappa shape index (κ1) is 15.4. The number of aliphatic carboxylic acids is 1. The number of carbonyl (C=O) groups is 1. The highest BCUT2D eigenvalue weighted by Crippen LogP contribution is 2.25. The molecular weight excluding hydrogens is 279 g/mol.